The number of hydrogen-bond acceptors (Lipinski definition) is 4. The maximum Gasteiger partial charge on any atom is 0.305 e. The van der Waals surface area contributed by atoms with Crippen LogP contribution < -0.4 is 5.32 Å². The topological polar surface area (TPSA) is 84.9 Å². The fourth-order valence-electron chi connectivity index (χ4n) is 2.94. The Morgan fingerprint density at radius 1 is 1.32 bits per heavy atom. The quantitative estimate of drug-likeness (QED) is 0.681. The Hall–Kier alpha value is -1.14. The van der Waals surface area contributed by atoms with Gasteiger partial charge in [-0.1, -0.05) is 26.2 Å². The molecule has 0 aromatic rings. The van der Waals surface area contributed by atoms with Gasteiger partial charge in [0.05, 0.1) is 24.7 Å². The van der Waals surface area contributed by atoms with Crippen molar-refractivity contribution in [3.05, 3.63) is 0 Å². The second kappa shape index (κ2) is 9.10. The van der Waals surface area contributed by atoms with Crippen LogP contribution in [0.1, 0.15) is 58.8 Å². The van der Waals surface area contributed by atoms with Gasteiger partial charge < -0.3 is 19.9 Å². The van der Waals surface area contributed by atoms with E-state index in [2.05, 4.69) is 5.32 Å². The smallest absolute Gasteiger partial charge is 0.305 e. The van der Waals surface area contributed by atoms with Crippen LogP contribution in [-0.4, -0.2) is 48.4 Å². The van der Waals surface area contributed by atoms with Gasteiger partial charge in [-0.15, -0.1) is 0 Å². The zero-order chi connectivity index (χ0) is 16.6. The molecule has 2 unspecified atom stereocenters. The van der Waals surface area contributed by atoms with Crippen molar-refractivity contribution in [3.63, 3.8) is 0 Å². The van der Waals surface area contributed by atoms with Gasteiger partial charge in [-0.2, -0.15) is 0 Å². The molecule has 0 saturated heterocycles. The van der Waals surface area contributed by atoms with Gasteiger partial charge >= 0.3 is 5.97 Å². The van der Waals surface area contributed by atoms with Crippen molar-refractivity contribution in [1.82, 2.24) is 5.32 Å². The highest BCUT2D eigenvalue weighted by molar-refractivity contribution is 5.82. The molecule has 22 heavy (non-hydrogen) atoms. The number of carboxylic acids is 1. The SMILES string of the molecule is CCC(OC1CCCCC1)C(=O)NC(C)(COC)CC(=O)O. The van der Waals surface area contributed by atoms with Crippen LogP contribution in [0.15, 0.2) is 0 Å². The lowest BCUT2D eigenvalue weighted by molar-refractivity contribution is -0.144. The molecule has 6 nitrogen and oxygen atoms in total. The van der Waals surface area contributed by atoms with E-state index < -0.39 is 17.6 Å². The first-order valence-corrected chi connectivity index (χ1v) is 8.08. The lowest BCUT2D eigenvalue weighted by Crippen LogP contribution is -2.54. The highest BCUT2D eigenvalue weighted by Gasteiger charge is 2.33. The second-order valence-corrected chi connectivity index (χ2v) is 6.35. The third-order valence-corrected chi connectivity index (χ3v) is 4.00. The lowest BCUT2D eigenvalue weighted by atomic mass is 9.97. The number of ether oxygens (including phenoxy) is 2. The third kappa shape index (κ3) is 6.32. The molecule has 0 radical (unpaired) electrons. The van der Waals surface area contributed by atoms with Crippen LogP contribution in [0.25, 0.3) is 0 Å². The van der Waals surface area contributed by atoms with Crippen LogP contribution in [0.4, 0.5) is 0 Å². The number of carbonyl (C=O) groups excluding carboxylic acids is 1. The molecule has 0 aromatic carbocycles. The Morgan fingerprint density at radius 3 is 2.45 bits per heavy atom. The highest BCUT2D eigenvalue weighted by Crippen LogP contribution is 2.22. The van der Waals surface area contributed by atoms with Gasteiger partial charge in [0.15, 0.2) is 0 Å². The summed E-state index contributed by atoms with van der Waals surface area (Å²) in [6.45, 7) is 3.72. The van der Waals surface area contributed by atoms with Crippen LogP contribution in [0, 0.1) is 0 Å². The minimum atomic E-state index is -0.971. The number of amides is 1. The minimum Gasteiger partial charge on any atom is -0.481 e. The summed E-state index contributed by atoms with van der Waals surface area (Å²) < 4.78 is 11.0. The molecule has 2 atom stereocenters. The maximum atomic E-state index is 12.4. The van der Waals surface area contributed by atoms with Gasteiger partial charge in [0, 0.05) is 7.11 Å². The monoisotopic (exact) mass is 315 g/mol. The van der Waals surface area contributed by atoms with E-state index in [1.54, 1.807) is 6.92 Å². The summed E-state index contributed by atoms with van der Waals surface area (Å²) >= 11 is 0. The summed E-state index contributed by atoms with van der Waals surface area (Å²) in [7, 11) is 1.49. The van der Waals surface area contributed by atoms with Crippen LogP contribution >= 0.6 is 0 Å². The van der Waals surface area contributed by atoms with Crippen molar-refractivity contribution in [1.29, 1.82) is 0 Å². The molecule has 0 aliphatic heterocycles. The van der Waals surface area contributed by atoms with Crippen molar-refractivity contribution >= 4 is 11.9 Å². The number of hydrogen-bond donors (Lipinski definition) is 2. The Kier molecular flexibility index (Phi) is 7.82. The van der Waals surface area contributed by atoms with E-state index in [1.165, 1.54) is 13.5 Å². The molecule has 0 bridgehead atoms. The number of carboxylic acid groups (broad SMARTS) is 1. The van der Waals surface area contributed by atoms with Crippen LogP contribution in [0.2, 0.25) is 0 Å². The molecular weight excluding hydrogens is 286 g/mol. The molecule has 6 heteroatoms. The van der Waals surface area contributed by atoms with E-state index >= 15 is 0 Å². The second-order valence-electron chi connectivity index (χ2n) is 6.35. The first kappa shape index (κ1) is 18.9. The Balaban J connectivity index is 2.62. The summed E-state index contributed by atoms with van der Waals surface area (Å²) in [4.78, 5) is 23.4. The number of nitrogens with one attached hydrogen (secondary N) is 1. The molecule has 2 N–H and O–H groups in total. The predicted octanol–water partition coefficient (Wildman–Crippen LogP) is 2.11. The summed E-state index contributed by atoms with van der Waals surface area (Å²) in [5.74, 6) is -1.23. The van der Waals surface area contributed by atoms with E-state index in [1.807, 2.05) is 6.92 Å². The van der Waals surface area contributed by atoms with Crippen molar-refractivity contribution in [2.45, 2.75) is 76.5 Å². The number of methoxy groups -OCH3 is 1. The number of rotatable bonds is 9. The highest BCUT2D eigenvalue weighted by atomic mass is 16.5. The molecular formula is C16H29NO5. The zero-order valence-corrected chi connectivity index (χ0v) is 13.9. The largest absolute Gasteiger partial charge is 0.481 e. The van der Waals surface area contributed by atoms with Crippen molar-refractivity contribution < 1.29 is 24.2 Å². The minimum absolute atomic E-state index is 0.137. The maximum absolute atomic E-state index is 12.4. The van der Waals surface area contributed by atoms with Crippen LogP contribution in [0.3, 0.4) is 0 Å². The van der Waals surface area contributed by atoms with Gasteiger partial charge in [-0.05, 0) is 26.2 Å². The Labute approximate surface area is 132 Å². The standard InChI is InChI=1S/C16H29NO5/c1-4-13(22-12-8-6-5-7-9-12)15(20)17-16(2,11-21-3)10-14(18)19/h12-13H,4-11H2,1-3H3,(H,17,20)(H,18,19). The molecule has 1 fully saturated rings. The Bertz CT molecular complexity index is 368. The fourth-order valence-corrected chi connectivity index (χ4v) is 2.94. The molecule has 0 aromatic heterocycles. The van der Waals surface area contributed by atoms with Gasteiger partial charge in [-0.25, -0.2) is 0 Å². The zero-order valence-electron chi connectivity index (χ0n) is 13.9. The van der Waals surface area contributed by atoms with Gasteiger partial charge in [0.1, 0.15) is 6.10 Å². The third-order valence-electron chi connectivity index (χ3n) is 4.00. The Morgan fingerprint density at radius 2 is 1.95 bits per heavy atom. The summed E-state index contributed by atoms with van der Waals surface area (Å²) in [5, 5.41) is 11.8. The van der Waals surface area contributed by atoms with Crippen LogP contribution in [0.5, 0.6) is 0 Å². The van der Waals surface area contributed by atoms with Gasteiger partial charge in [0.2, 0.25) is 5.91 Å². The molecule has 1 aliphatic carbocycles. The van der Waals surface area contributed by atoms with E-state index in [9.17, 15) is 9.59 Å². The van der Waals surface area contributed by atoms with E-state index in [4.69, 9.17) is 14.6 Å². The van der Waals surface area contributed by atoms with Crippen LogP contribution in [-0.2, 0) is 19.1 Å². The summed E-state index contributed by atoms with van der Waals surface area (Å²) in [6, 6.07) is 0. The number of carbonyl (C=O) groups is 2. The molecule has 1 aliphatic rings. The molecule has 0 spiro atoms. The lowest BCUT2D eigenvalue weighted by Gasteiger charge is -2.32. The number of aliphatic carboxylic acids is 1. The van der Waals surface area contributed by atoms with Crippen molar-refractivity contribution in [2.75, 3.05) is 13.7 Å². The summed E-state index contributed by atoms with van der Waals surface area (Å²) in [6.07, 6.45) is 5.48. The average Bonchev–Trinajstić information content (AvgIpc) is 2.44. The first-order valence-electron chi connectivity index (χ1n) is 8.08. The van der Waals surface area contributed by atoms with Crippen molar-refractivity contribution in [3.8, 4) is 0 Å². The van der Waals surface area contributed by atoms with Gasteiger partial charge in [0.25, 0.3) is 0 Å². The average molecular weight is 315 g/mol. The van der Waals surface area contributed by atoms with Gasteiger partial charge in [-0.3, -0.25) is 9.59 Å². The normalized spacial score (nSPS) is 20.1. The van der Waals surface area contributed by atoms with E-state index in [0.717, 1.165) is 25.7 Å². The van der Waals surface area contributed by atoms with Crippen molar-refractivity contribution in [2.24, 2.45) is 0 Å². The van der Waals surface area contributed by atoms with E-state index in [0.29, 0.717) is 6.42 Å². The molecule has 1 amide bonds. The summed E-state index contributed by atoms with van der Waals surface area (Å²) in [5.41, 5.74) is -0.930. The predicted molar refractivity (Wildman–Crippen MR) is 82.7 cm³/mol. The molecule has 128 valence electrons. The fraction of sp³-hybridized carbons (Fsp3) is 0.875. The van der Waals surface area contributed by atoms with E-state index in [-0.39, 0.29) is 25.0 Å². The molecule has 1 rings (SSSR count). The molecule has 0 heterocycles. The molecule has 1 saturated carbocycles. The first-order chi connectivity index (χ1) is 10.4.